The lowest BCUT2D eigenvalue weighted by Crippen LogP contribution is -1.86. The van der Waals surface area contributed by atoms with E-state index in [-0.39, 0.29) is 0 Å². The number of rotatable bonds is 0. The van der Waals surface area contributed by atoms with Crippen LogP contribution < -0.4 is 5.73 Å². The molecule has 2 aromatic rings. The van der Waals surface area contributed by atoms with Gasteiger partial charge in [-0.1, -0.05) is 12.0 Å². The maximum Gasteiger partial charge on any atom is 0.205 e. The van der Waals surface area contributed by atoms with Crippen LogP contribution in [-0.2, 0) is 0 Å². The van der Waals surface area contributed by atoms with Gasteiger partial charge in [0.05, 0.1) is 0 Å². The molecule has 0 amide bonds. The highest BCUT2D eigenvalue weighted by molar-refractivity contribution is 5.48. The predicted octanol–water partition coefficient (Wildman–Crippen LogP) is 1.46. The molecule has 0 unspecified atom stereocenters. The first-order chi connectivity index (χ1) is 7.34. The number of hydrogen-bond donors (Lipinski definition) is 1. The lowest BCUT2D eigenvalue weighted by molar-refractivity contribution is 1.13. The third-order valence-electron chi connectivity index (χ3n) is 1.77. The molecule has 72 valence electrons. The molecular formula is C12H9N3. The summed E-state index contributed by atoms with van der Waals surface area (Å²) in [6, 6.07) is 9.16. The van der Waals surface area contributed by atoms with E-state index in [1.807, 2.05) is 24.3 Å². The van der Waals surface area contributed by atoms with Crippen molar-refractivity contribution >= 4 is 5.69 Å². The van der Waals surface area contributed by atoms with Crippen molar-refractivity contribution in [1.29, 1.82) is 0 Å². The Hall–Kier alpha value is -2.34. The fraction of sp³-hybridized carbons (Fsp3) is 0. The van der Waals surface area contributed by atoms with E-state index in [1.54, 1.807) is 18.5 Å². The fourth-order valence-corrected chi connectivity index (χ4v) is 1.11. The SMILES string of the molecule is Nc1cccc(C#Cc2ncccn2)c1. The summed E-state index contributed by atoms with van der Waals surface area (Å²) in [5.41, 5.74) is 7.20. The molecule has 0 fully saturated rings. The Morgan fingerprint density at radius 3 is 2.53 bits per heavy atom. The predicted molar refractivity (Wildman–Crippen MR) is 58.9 cm³/mol. The van der Waals surface area contributed by atoms with Crippen molar-refractivity contribution in [3.05, 3.63) is 54.1 Å². The summed E-state index contributed by atoms with van der Waals surface area (Å²) in [5, 5.41) is 0. The second-order valence-electron chi connectivity index (χ2n) is 2.95. The van der Waals surface area contributed by atoms with Crippen LogP contribution in [0.4, 0.5) is 5.69 Å². The van der Waals surface area contributed by atoms with Crippen molar-refractivity contribution in [2.45, 2.75) is 0 Å². The number of hydrogen-bond acceptors (Lipinski definition) is 3. The first kappa shape index (κ1) is 9.22. The highest BCUT2D eigenvalue weighted by atomic mass is 14.8. The largest absolute Gasteiger partial charge is 0.399 e. The van der Waals surface area contributed by atoms with E-state index in [2.05, 4.69) is 21.8 Å². The topological polar surface area (TPSA) is 51.8 Å². The van der Waals surface area contributed by atoms with Gasteiger partial charge in [-0.25, -0.2) is 9.97 Å². The second kappa shape index (κ2) is 4.25. The molecule has 3 heteroatoms. The third kappa shape index (κ3) is 2.55. The van der Waals surface area contributed by atoms with Gasteiger partial charge in [-0.2, -0.15) is 0 Å². The van der Waals surface area contributed by atoms with E-state index >= 15 is 0 Å². The molecule has 15 heavy (non-hydrogen) atoms. The Kier molecular flexibility index (Phi) is 2.61. The van der Waals surface area contributed by atoms with Crippen LogP contribution in [0.5, 0.6) is 0 Å². The van der Waals surface area contributed by atoms with Crippen LogP contribution in [0.1, 0.15) is 11.4 Å². The van der Waals surface area contributed by atoms with Crippen LogP contribution in [0.2, 0.25) is 0 Å². The third-order valence-corrected chi connectivity index (χ3v) is 1.77. The summed E-state index contributed by atoms with van der Waals surface area (Å²) in [4.78, 5) is 8.00. The van der Waals surface area contributed by atoms with Gasteiger partial charge >= 0.3 is 0 Å². The normalized spacial score (nSPS) is 9.07. The lowest BCUT2D eigenvalue weighted by Gasteiger charge is -1.92. The lowest BCUT2D eigenvalue weighted by atomic mass is 10.2. The Labute approximate surface area is 88.0 Å². The average Bonchev–Trinajstić information content (AvgIpc) is 2.28. The monoisotopic (exact) mass is 195 g/mol. The molecule has 2 rings (SSSR count). The van der Waals surface area contributed by atoms with Gasteiger partial charge in [0.2, 0.25) is 5.82 Å². The van der Waals surface area contributed by atoms with Gasteiger partial charge in [0, 0.05) is 23.6 Å². The number of nitrogens with two attached hydrogens (primary N) is 1. The minimum atomic E-state index is 0.514. The minimum absolute atomic E-state index is 0.514. The van der Waals surface area contributed by atoms with E-state index in [4.69, 9.17) is 5.73 Å². The zero-order valence-corrected chi connectivity index (χ0v) is 8.01. The van der Waals surface area contributed by atoms with Crippen molar-refractivity contribution in [2.24, 2.45) is 0 Å². The maximum absolute atomic E-state index is 5.63. The Morgan fingerprint density at radius 1 is 1.00 bits per heavy atom. The molecule has 0 aliphatic carbocycles. The van der Waals surface area contributed by atoms with Crippen LogP contribution in [0.25, 0.3) is 0 Å². The molecule has 0 spiro atoms. The van der Waals surface area contributed by atoms with Gasteiger partial charge in [0.1, 0.15) is 0 Å². The molecule has 1 heterocycles. The quantitative estimate of drug-likeness (QED) is 0.511. The van der Waals surface area contributed by atoms with Crippen molar-refractivity contribution in [3.8, 4) is 11.8 Å². The number of nitrogen functional groups attached to an aromatic ring is 1. The number of nitrogens with zero attached hydrogens (tertiary/aromatic N) is 2. The molecule has 0 aliphatic heterocycles. The van der Waals surface area contributed by atoms with Crippen molar-refractivity contribution < 1.29 is 0 Å². The average molecular weight is 195 g/mol. The highest BCUT2D eigenvalue weighted by Crippen LogP contribution is 2.04. The zero-order chi connectivity index (χ0) is 10.5. The molecule has 0 saturated carbocycles. The van der Waals surface area contributed by atoms with Crippen molar-refractivity contribution in [2.75, 3.05) is 5.73 Å². The van der Waals surface area contributed by atoms with Crippen molar-refractivity contribution in [3.63, 3.8) is 0 Å². The van der Waals surface area contributed by atoms with E-state index in [1.165, 1.54) is 0 Å². The van der Waals surface area contributed by atoms with Crippen molar-refractivity contribution in [1.82, 2.24) is 9.97 Å². The first-order valence-electron chi connectivity index (χ1n) is 4.49. The summed E-state index contributed by atoms with van der Waals surface area (Å²) in [5.74, 6) is 6.32. The highest BCUT2D eigenvalue weighted by Gasteiger charge is 1.88. The van der Waals surface area contributed by atoms with Crippen LogP contribution >= 0.6 is 0 Å². The Bertz CT molecular complexity index is 509. The molecule has 0 atom stereocenters. The second-order valence-corrected chi connectivity index (χ2v) is 2.95. The minimum Gasteiger partial charge on any atom is -0.399 e. The van der Waals surface area contributed by atoms with E-state index in [0.717, 1.165) is 5.56 Å². The molecule has 0 saturated heterocycles. The number of aromatic nitrogens is 2. The number of anilines is 1. The standard InChI is InChI=1S/C12H9N3/c13-11-4-1-3-10(9-11)5-6-12-14-7-2-8-15-12/h1-4,7-9H,13H2. The Morgan fingerprint density at radius 2 is 1.80 bits per heavy atom. The summed E-state index contributed by atoms with van der Waals surface area (Å²) in [6.07, 6.45) is 3.33. The Balaban J connectivity index is 2.26. The summed E-state index contributed by atoms with van der Waals surface area (Å²) >= 11 is 0. The molecular weight excluding hydrogens is 186 g/mol. The molecule has 0 radical (unpaired) electrons. The van der Waals surface area contributed by atoms with Crippen LogP contribution in [0, 0.1) is 11.8 Å². The van der Waals surface area contributed by atoms with Gasteiger partial charge in [-0.05, 0) is 30.2 Å². The van der Waals surface area contributed by atoms with E-state index < -0.39 is 0 Å². The zero-order valence-electron chi connectivity index (χ0n) is 8.01. The van der Waals surface area contributed by atoms with Gasteiger partial charge < -0.3 is 5.73 Å². The fourth-order valence-electron chi connectivity index (χ4n) is 1.11. The maximum atomic E-state index is 5.63. The van der Waals surface area contributed by atoms with Crippen LogP contribution in [0.15, 0.2) is 42.7 Å². The summed E-state index contributed by atoms with van der Waals surface area (Å²) in [7, 11) is 0. The first-order valence-corrected chi connectivity index (χ1v) is 4.49. The molecule has 1 aromatic carbocycles. The van der Waals surface area contributed by atoms with E-state index in [0.29, 0.717) is 11.5 Å². The van der Waals surface area contributed by atoms with Gasteiger partial charge in [0.15, 0.2) is 0 Å². The summed E-state index contributed by atoms with van der Waals surface area (Å²) < 4.78 is 0. The molecule has 0 aliphatic rings. The summed E-state index contributed by atoms with van der Waals surface area (Å²) in [6.45, 7) is 0. The molecule has 3 nitrogen and oxygen atoms in total. The molecule has 2 N–H and O–H groups in total. The number of benzene rings is 1. The molecule has 0 bridgehead atoms. The van der Waals surface area contributed by atoms with Gasteiger partial charge in [0.25, 0.3) is 0 Å². The van der Waals surface area contributed by atoms with Gasteiger partial charge in [-0.3, -0.25) is 0 Å². The van der Waals surface area contributed by atoms with Crippen LogP contribution in [0.3, 0.4) is 0 Å². The van der Waals surface area contributed by atoms with E-state index in [9.17, 15) is 0 Å². The smallest absolute Gasteiger partial charge is 0.205 e. The van der Waals surface area contributed by atoms with Gasteiger partial charge in [-0.15, -0.1) is 0 Å². The molecule has 1 aromatic heterocycles. The van der Waals surface area contributed by atoms with Crippen LogP contribution in [-0.4, -0.2) is 9.97 Å².